The van der Waals surface area contributed by atoms with Crippen molar-refractivity contribution >= 4 is 11.0 Å². The number of fused-ring (bicyclic) bond motifs is 1. The highest BCUT2D eigenvalue weighted by atomic mass is 16.5. The van der Waals surface area contributed by atoms with Crippen LogP contribution >= 0.6 is 0 Å². The van der Waals surface area contributed by atoms with Crippen molar-refractivity contribution in [2.75, 3.05) is 0 Å². The van der Waals surface area contributed by atoms with Gasteiger partial charge in [-0.15, -0.1) is 0 Å². The molecule has 0 bridgehead atoms. The van der Waals surface area contributed by atoms with Crippen LogP contribution in [0.4, 0.5) is 0 Å². The summed E-state index contributed by atoms with van der Waals surface area (Å²) in [5.74, 6) is 0.289. The van der Waals surface area contributed by atoms with Gasteiger partial charge in [-0.3, -0.25) is 0 Å². The van der Waals surface area contributed by atoms with Crippen LogP contribution in [0.2, 0.25) is 0 Å². The molecule has 0 amide bonds. The highest BCUT2D eigenvalue weighted by molar-refractivity contribution is 5.84. The molecule has 106 valence electrons. The number of rotatable bonds is 3. The molecule has 1 aromatic heterocycles. The fraction of sp³-hybridized carbons (Fsp3) is 0.167. The van der Waals surface area contributed by atoms with E-state index in [0.717, 1.165) is 22.1 Å². The van der Waals surface area contributed by atoms with Crippen molar-refractivity contribution in [3.8, 4) is 5.75 Å². The minimum Gasteiger partial charge on any atom is -0.481 e. The summed E-state index contributed by atoms with van der Waals surface area (Å²) in [5.41, 5.74) is 2.99. The van der Waals surface area contributed by atoms with Crippen LogP contribution in [0.3, 0.4) is 0 Å². The summed E-state index contributed by atoms with van der Waals surface area (Å²) in [6.07, 6.45) is 0. The maximum Gasteiger partial charge on any atom is 0.379 e. The summed E-state index contributed by atoms with van der Waals surface area (Å²) in [4.78, 5) is 12.1. The molecule has 0 aliphatic rings. The standard InChI is InChI=1S/C18H16O3/c1-12-7-6-10-15-13(2)17(18(19)21-16(12)15)20-11-14-8-4-3-5-9-14/h3-10H,11H2,1-2H3. The third kappa shape index (κ3) is 2.55. The van der Waals surface area contributed by atoms with Gasteiger partial charge in [0.15, 0.2) is 0 Å². The molecule has 0 saturated heterocycles. The van der Waals surface area contributed by atoms with Gasteiger partial charge in [-0.25, -0.2) is 4.79 Å². The first-order valence-electron chi connectivity index (χ1n) is 6.86. The molecule has 0 spiro atoms. The summed E-state index contributed by atoms with van der Waals surface area (Å²) in [6, 6.07) is 15.6. The van der Waals surface area contributed by atoms with E-state index >= 15 is 0 Å². The van der Waals surface area contributed by atoms with Crippen molar-refractivity contribution in [3.05, 3.63) is 75.6 Å². The van der Waals surface area contributed by atoms with Crippen LogP contribution in [-0.2, 0) is 6.61 Å². The van der Waals surface area contributed by atoms with Gasteiger partial charge in [0.05, 0.1) is 0 Å². The summed E-state index contributed by atoms with van der Waals surface area (Å²) in [6.45, 7) is 4.16. The van der Waals surface area contributed by atoms with Crippen LogP contribution in [0.15, 0.2) is 57.7 Å². The van der Waals surface area contributed by atoms with Gasteiger partial charge < -0.3 is 9.15 Å². The molecule has 0 unspecified atom stereocenters. The lowest BCUT2D eigenvalue weighted by atomic mass is 10.1. The molecule has 3 nitrogen and oxygen atoms in total. The van der Waals surface area contributed by atoms with Crippen molar-refractivity contribution in [3.63, 3.8) is 0 Å². The number of benzene rings is 2. The molecule has 0 fully saturated rings. The SMILES string of the molecule is Cc1c(OCc2ccccc2)c(=O)oc2c(C)cccc12. The maximum atomic E-state index is 12.1. The number of para-hydroxylation sites is 1. The van der Waals surface area contributed by atoms with E-state index in [4.69, 9.17) is 9.15 Å². The van der Waals surface area contributed by atoms with E-state index in [1.165, 1.54) is 0 Å². The number of aryl methyl sites for hydroxylation is 2. The average Bonchev–Trinajstić information content (AvgIpc) is 2.49. The highest BCUT2D eigenvalue weighted by Crippen LogP contribution is 2.26. The molecule has 3 rings (SSSR count). The number of hydrogen-bond donors (Lipinski definition) is 0. The van der Waals surface area contributed by atoms with Crippen LogP contribution in [0, 0.1) is 13.8 Å². The smallest absolute Gasteiger partial charge is 0.379 e. The van der Waals surface area contributed by atoms with Gasteiger partial charge in [-0.05, 0) is 25.0 Å². The summed E-state index contributed by atoms with van der Waals surface area (Å²) in [7, 11) is 0. The Labute approximate surface area is 122 Å². The summed E-state index contributed by atoms with van der Waals surface area (Å²) < 4.78 is 11.1. The van der Waals surface area contributed by atoms with E-state index in [-0.39, 0.29) is 5.75 Å². The van der Waals surface area contributed by atoms with Crippen LogP contribution in [-0.4, -0.2) is 0 Å². The first-order chi connectivity index (χ1) is 10.2. The Balaban J connectivity index is 2.01. The Hall–Kier alpha value is -2.55. The van der Waals surface area contributed by atoms with Gasteiger partial charge >= 0.3 is 5.63 Å². The fourth-order valence-corrected chi connectivity index (χ4v) is 2.39. The van der Waals surface area contributed by atoms with Gasteiger partial charge in [0.2, 0.25) is 5.75 Å². The van der Waals surface area contributed by atoms with Crippen LogP contribution in [0.5, 0.6) is 5.75 Å². The first-order valence-corrected chi connectivity index (χ1v) is 6.86. The van der Waals surface area contributed by atoms with Gasteiger partial charge in [-0.2, -0.15) is 0 Å². The lowest BCUT2D eigenvalue weighted by Crippen LogP contribution is -2.09. The van der Waals surface area contributed by atoms with Gasteiger partial charge in [0, 0.05) is 10.9 Å². The molecule has 3 aromatic rings. The monoisotopic (exact) mass is 280 g/mol. The minimum atomic E-state index is -0.426. The Kier molecular flexibility index (Phi) is 3.48. The maximum absolute atomic E-state index is 12.1. The van der Waals surface area contributed by atoms with Crippen LogP contribution < -0.4 is 10.4 Å². The third-order valence-electron chi connectivity index (χ3n) is 3.56. The molecule has 1 heterocycles. The van der Waals surface area contributed by atoms with E-state index in [1.54, 1.807) is 0 Å². The summed E-state index contributed by atoms with van der Waals surface area (Å²) >= 11 is 0. The van der Waals surface area contributed by atoms with Crippen molar-refractivity contribution in [2.24, 2.45) is 0 Å². The Morgan fingerprint density at radius 2 is 1.76 bits per heavy atom. The second kappa shape index (κ2) is 5.44. The Bertz CT molecular complexity index is 832. The molecular formula is C18H16O3. The predicted molar refractivity (Wildman–Crippen MR) is 82.7 cm³/mol. The minimum absolute atomic E-state index is 0.289. The summed E-state index contributed by atoms with van der Waals surface area (Å²) in [5, 5.41) is 0.915. The largest absolute Gasteiger partial charge is 0.481 e. The zero-order valence-corrected chi connectivity index (χ0v) is 12.1. The molecule has 0 aliphatic carbocycles. The first kappa shape index (κ1) is 13.4. The lowest BCUT2D eigenvalue weighted by molar-refractivity contribution is 0.289. The van der Waals surface area contributed by atoms with E-state index in [1.807, 2.05) is 62.4 Å². The van der Waals surface area contributed by atoms with Gasteiger partial charge in [0.25, 0.3) is 0 Å². The quantitative estimate of drug-likeness (QED) is 0.681. The topological polar surface area (TPSA) is 39.4 Å². The molecule has 21 heavy (non-hydrogen) atoms. The van der Waals surface area contributed by atoms with E-state index in [9.17, 15) is 4.79 Å². The average molecular weight is 280 g/mol. The van der Waals surface area contributed by atoms with Gasteiger partial charge in [0.1, 0.15) is 12.2 Å². The number of ether oxygens (including phenoxy) is 1. The molecule has 0 saturated carbocycles. The van der Waals surface area contributed by atoms with Crippen LogP contribution in [0.25, 0.3) is 11.0 Å². The van der Waals surface area contributed by atoms with E-state index in [0.29, 0.717) is 12.2 Å². The van der Waals surface area contributed by atoms with Crippen LogP contribution in [0.1, 0.15) is 16.7 Å². The predicted octanol–water partition coefficient (Wildman–Crippen LogP) is 3.99. The van der Waals surface area contributed by atoms with E-state index in [2.05, 4.69) is 0 Å². The van der Waals surface area contributed by atoms with E-state index < -0.39 is 5.63 Å². The van der Waals surface area contributed by atoms with Gasteiger partial charge in [-0.1, -0.05) is 48.5 Å². The zero-order valence-electron chi connectivity index (χ0n) is 12.1. The Morgan fingerprint density at radius 3 is 2.52 bits per heavy atom. The van der Waals surface area contributed by atoms with Crippen molar-refractivity contribution in [1.29, 1.82) is 0 Å². The third-order valence-corrected chi connectivity index (χ3v) is 3.56. The molecule has 3 heteroatoms. The van der Waals surface area contributed by atoms with Crippen molar-refractivity contribution < 1.29 is 9.15 Å². The molecule has 0 atom stereocenters. The van der Waals surface area contributed by atoms with Crippen molar-refractivity contribution in [1.82, 2.24) is 0 Å². The number of hydrogen-bond acceptors (Lipinski definition) is 3. The van der Waals surface area contributed by atoms with Crippen molar-refractivity contribution in [2.45, 2.75) is 20.5 Å². The second-order valence-corrected chi connectivity index (χ2v) is 5.07. The molecule has 0 N–H and O–H groups in total. The molecule has 0 radical (unpaired) electrons. The molecular weight excluding hydrogens is 264 g/mol. The lowest BCUT2D eigenvalue weighted by Gasteiger charge is -2.10. The normalized spacial score (nSPS) is 10.8. The second-order valence-electron chi connectivity index (χ2n) is 5.07. The Morgan fingerprint density at radius 1 is 1.00 bits per heavy atom. The molecule has 0 aliphatic heterocycles. The fourth-order valence-electron chi connectivity index (χ4n) is 2.39. The molecule has 2 aromatic carbocycles. The highest BCUT2D eigenvalue weighted by Gasteiger charge is 2.13. The zero-order chi connectivity index (χ0) is 14.8.